The summed E-state index contributed by atoms with van der Waals surface area (Å²) >= 11 is 0. The summed E-state index contributed by atoms with van der Waals surface area (Å²) in [6.45, 7) is 6.16. The SMILES string of the molecule is COc1cc(C)c(-c2ccc(C)c(N)c2)cc1C. The third kappa shape index (κ3) is 2.19. The van der Waals surface area contributed by atoms with E-state index in [4.69, 9.17) is 10.5 Å². The molecular weight excluding hydrogens is 222 g/mol. The summed E-state index contributed by atoms with van der Waals surface area (Å²) in [6.07, 6.45) is 0. The lowest BCUT2D eigenvalue weighted by Crippen LogP contribution is -1.93. The van der Waals surface area contributed by atoms with E-state index in [-0.39, 0.29) is 0 Å². The molecule has 94 valence electrons. The van der Waals surface area contributed by atoms with E-state index in [1.807, 2.05) is 13.0 Å². The molecule has 0 unspecified atom stereocenters. The number of nitrogens with two attached hydrogens (primary N) is 1. The van der Waals surface area contributed by atoms with E-state index in [9.17, 15) is 0 Å². The van der Waals surface area contributed by atoms with Crippen LogP contribution in [-0.4, -0.2) is 7.11 Å². The van der Waals surface area contributed by atoms with E-state index in [2.05, 4.69) is 38.1 Å². The van der Waals surface area contributed by atoms with Gasteiger partial charge in [0.05, 0.1) is 7.11 Å². The Morgan fingerprint density at radius 1 is 0.889 bits per heavy atom. The number of hydrogen-bond acceptors (Lipinski definition) is 2. The average Bonchev–Trinajstić information content (AvgIpc) is 2.35. The Bertz CT molecular complexity index is 588. The molecule has 0 aliphatic carbocycles. The molecule has 2 aromatic carbocycles. The molecule has 0 radical (unpaired) electrons. The Labute approximate surface area is 108 Å². The van der Waals surface area contributed by atoms with Gasteiger partial charge in [0.2, 0.25) is 0 Å². The number of benzene rings is 2. The molecule has 0 fully saturated rings. The Kier molecular flexibility index (Phi) is 3.28. The van der Waals surface area contributed by atoms with E-state index in [0.717, 1.165) is 28.1 Å². The zero-order valence-electron chi connectivity index (χ0n) is 11.4. The number of aryl methyl sites for hydroxylation is 3. The predicted molar refractivity (Wildman–Crippen MR) is 77.1 cm³/mol. The van der Waals surface area contributed by atoms with Gasteiger partial charge in [0.25, 0.3) is 0 Å². The summed E-state index contributed by atoms with van der Waals surface area (Å²) in [6, 6.07) is 10.4. The Morgan fingerprint density at radius 3 is 2.22 bits per heavy atom. The molecule has 18 heavy (non-hydrogen) atoms. The number of rotatable bonds is 2. The van der Waals surface area contributed by atoms with Gasteiger partial charge in [-0.2, -0.15) is 0 Å². The molecule has 2 heteroatoms. The highest BCUT2D eigenvalue weighted by Gasteiger charge is 2.07. The molecule has 0 aromatic heterocycles. The van der Waals surface area contributed by atoms with Crippen LogP contribution in [-0.2, 0) is 0 Å². The normalized spacial score (nSPS) is 10.4. The minimum absolute atomic E-state index is 0.834. The summed E-state index contributed by atoms with van der Waals surface area (Å²) in [4.78, 5) is 0. The smallest absolute Gasteiger partial charge is 0.122 e. The van der Waals surface area contributed by atoms with Gasteiger partial charge >= 0.3 is 0 Å². The molecule has 2 aromatic rings. The van der Waals surface area contributed by atoms with Crippen LogP contribution in [0.15, 0.2) is 30.3 Å². The minimum atomic E-state index is 0.834. The number of nitrogen functional groups attached to an aromatic ring is 1. The Balaban J connectivity index is 2.57. The summed E-state index contributed by atoms with van der Waals surface area (Å²) in [5.41, 5.74) is 12.6. The van der Waals surface area contributed by atoms with E-state index in [1.165, 1.54) is 11.1 Å². The highest BCUT2D eigenvalue weighted by Crippen LogP contribution is 2.31. The third-order valence-electron chi connectivity index (χ3n) is 3.33. The first-order valence-electron chi connectivity index (χ1n) is 6.04. The van der Waals surface area contributed by atoms with Crippen LogP contribution in [0, 0.1) is 20.8 Å². The van der Waals surface area contributed by atoms with Gasteiger partial charge in [-0.15, -0.1) is 0 Å². The molecule has 0 aliphatic heterocycles. The van der Waals surface area contributed by atoms with Crippen molar-refractivity contribution < 1.29 is 4.74 Å². The number of ether oxygens (including phenoxy) is 1. The van der Waals surface area contributed by atoms with Crippen LogP contribution >= 0.6 is 0 Å². The Morgan fingerprint density at radius 2 is 1.61 bits per heavy atom. The van der Waals surface area contributed by atoms with Crippen molar-refractivity contribution in [3.63, 3.8) is 0 Å². The molecule has 0 spiro atoms. The monoisotopic (exact) mass is 241 g/mol. The maximum Gasteiger partial charge on any atom is 0.122 e. The second-order valence-corrected chi connectivity index (χ2v) is 4.71. The quantitative estimate of drug-likeness (QED) is 0.810. The van der Waals surface area contributed by atoms with E-state index < -0.39 is 0 Å². The van der Waals surface area contributed by atoms with Crippen molar-refractivity contribution in [3.05, 3.63) is 47.0 Å². The minimum Gasteiger partial charge on any atom is -0.496 e. The van der Waals surface area contributed by atoms with Gasteiger partial charge in [-0.1, -0.05) is 12.1 Å². The van der Waals surface area contributed by atoms with Crippen molar-refractivity contribution in [2.24, 2.45) is 0 Å². The van der Waals surface area contributed by atoms with Gasteiger partial charge in [0.15, 0.2) is 0 Å². The fourth-order valence-electron chi connectivity index (χ4n) is 2.13. The van der Waals surface area contributed by atoms with Crippen LogP contribution in [0.25, 0.3) is 11.1 Å². The molecule has 0 saturated carbocycles. The average molecular weight is 241 g/mol. The van der Waals surface area contributed by atoms with Crippen LogP contribution in [0.3, 0.4) is 0 Å². The molecule has 0 aliphatic rings. The number of anilines is 1. The second kappa shape index (κ2) is 4.73. The molecule has 0 saturated heterocycles. The van der Waals surface area contributed by atoms with Gasteiger partial charge in [0.1, 0.15) is 5.75 Å². The largest absolute Gasteiger partial charge is 0.496 e. The predicted octanol–water partition coefficient (Wildman–Crippen LogP) is 3.87. The van der Waals surface area contributed by atoms with Gasteiger partial charge < -0.3 is 10.5 Å². The van der Waals surface area contributed by atoms with Crippen LogP contribution in [0.5, 0.6) is 5.75 Å². The first-order chi connectivity index (χ1) is 8.52. The molecule has 0 amide bonds. The van der Waals surface area contributed by atoms with Gasteiger partial charge in [0, 0.05) is 5.69 Å². The van der Waals surface area contributed by atoms with Crippen LogP contribution in [0.4, 0.5) is 5.69 Å². The summed E-state index contributed by atoms with van der Waals surface area (Å²) in [5.74, 6) is 0.927. The molecule has 2 N–H and O–H groups in total. The van der Waals surface area contributed by atoms with Crippen LogP contribution in [0.2, 0.25) is 0 Å². The summed E-state index contributed by atoms with van der Waals surface area (Å²) < 4.78 is 5.33. The topological polar surface area (TPSA) is 35.2 Å². The maximum absolute atomic E-state index is 5.98. The van der Waals surface area contributed by atoms with Crippen LogP contribution in [0.1, 0.15) is 16.7 Å². The van der Waals surface area contributed by atoms with Crippen molar-refractivity contribution >= 4 is 5.69 Å². The molecule has 0 bridgehead atoms. The molecule has 0 atom stereocenters. The fraction of sp³-hybridized carbons (Fsp3) is 0.250. The van der Waals surface area contributed by atoms with Crippen molar-refractivity contribution in [3.8, 4) is 16.9 Å². The van der Waals surface area contributed by atoms with Crippen molar-refractivity contribution in [1.82, 2.24) is 0 Å². The Hall–Kier alpha value is -1.96. The molecule has 0 heterocycles. The van der Waals surface area contributed by atoms with E-state index in [0.29, 0.717) is 0 Å². The van der Waals surface area contributed by atoms with Crippen molar-refractivity contribution in [2.45, 2.75) is 20.8 Å². The number of methoxy groups -OCH3 is 1. The van der Waals surface area contributed by atoms with Crippen molar-refractivity contribution in [2.75, 3.05) is 12.8 Å². The fourth-order valence-corrected chi connectivity index (χ4v) is 2.13. The molecule has 2 nitrogen and oxygen atoms in total. The highest BCUT2D eigenvalue weighted by atomic mass is 16.5. The summed E-state index contributed by atoms with van der Waals surface area (Å²) in [7, 11) is 1.70. The zero-order chi connectivity index (χ0) is 13.3. The zero-order valence-corrected chi connectivity index (χ0v) is 11.4. The van der Waals surface area contributed by atoms with Gasteiger partial charge in [-0.05, 0) is 66.8 Å². The lowest BCUT2D eigenvalue weighted by molar-refractivity contribution is 0.411. The first kappa shape index (κ1) is 12.5. The lowest BCUT2D eigenvalue weighted by Gasteiger charge is -2.12. The second-order valence-electron chi connectivity index (χ2n) is 4.71. The highest BCUT2D eigenvalue weighted by molar-refractivity contribution is 5.73. The van der Waals surface area contributed by atoms with Crippen LogP contribution < -0.4 is 10.5 Å². The van der Waals surface area contributed by atoms with Crippen molar-refractivity contribution in [1.29, 1.82) is 0 Å². The first-order valence-corrected chi connectivity index (χ1v) is 6.04. The molecular formula is C16H19NO. The molecule has 2 rings (SSSR count). The standard InChI is InChI=1S/C16H19NO/c1-10-5-6-13(9-15(10)17)14-7-12(3)16(18-4)8-11(14)2/h5-9H,17H2,1-4H3. The van der Waals surface area contributed by atoms with Gasteiger partial charge in [-0.3, -0.25) is 0 Å². The van der Waals surface area contributed by atoms with Gasteiger partial charge in [-0.25, -0.2) is 0 Å². The summed E-state index contributed by atoms with van der Waals surface area (Å²) in [5, 5.41) is 0. The third-order valence-corrected chi connectivity index (χ3v) is 3.33. The van der Waals surface area contributed by atoms with E-state index in [1.54, 1.807) is 7.11 Å². The number of hydrogen-bond donors (Lipinski definition) is 1. The lowest BCUT2D eigenvalue weighted by atomic mass is 9.96. The maximum atomic E-state index is 5.98. The van der Waals surface area contributed by atoms with E-state index >= 15 is 0 Å².